The molecule has 0 amide bonds. The lowest BCUT2D eigenvalue weighted by Crippen LogP contribution is -2.37. The summed E-state index contributed by atoms with van der Waals surface area (Å²) in [7, 11) is -4.17. The number of sulfonamides is 2. The van der Waals surface area contributed by atoms with Gasteiger partial charge in [-0.25, -0.2) is 21.6 Å². The van der Waals surface area contributed by atoms with Gasteiger partial charge >= 0.3 is 0 Å². The molecule has 1 rings (SSSR count). The van der Waals surface area contributed by atoms with Crippen molar-refractivity contribution < 1.29 is 21.6 Å². The first-order chi connectivity index (χ1) is 11.1. The third-order valence-corrected chi connectivity index (χ3v) is 6.23. The van der Waals surface area contributed by atoms with Gasteiger partial charge < -0.3 is 10.1 Å². The number of hydrogen-bond acceptors (Lipinski definition) is 6. The number of rotatable bonds is 10. The van der Waals surface area contributed by atoms with Crippen molar-refractivity contribution in [3.8, 4) is 5.75 Å². The molecular weight excluding hydrogens is 390 g/mol. The van der Waals surface area contributed by atoms with E-state index in [1.807, 2.05) is 6.92 Å². The fourth-order valence-corrected chi connectivity index (χ4v) is 4.27. The van der Waals surface area contributed by atoms with Crippen molar-refractivity contribution in [2.45, 2.75) is 31.2 Å². The molecule has 0 bridgehead atoms. The molecule has 3 N–H and O–H groups in total. The minimum Gasteiger partial charge on any atom is -0.495 e. The fourth-order valence-electron chi connectivity index (χ4n) is 1.87. The lowest BCUT2D eigenvalue weighted by Gasteiger charge is -2.15. The Morgan fingerprint density at radius 1 is 1.20 bits per heavy atom. The number of nitrogens with one attached hydrogen (secondary N) is 3. The van der Waals surface area contributed by atoms with E-state index in [0.29, 0.717) is 6.42 Å². The average Bonchev–Trinajstić information content (AvgIpc) is 2.51. The van der Waals surface area contributed by atoms with Crippen LogP contribution in [-0.4, -0.2) is 49.3 Å². The molecule has 1 aromatic carbocycles. The summed E-state index contributed by atoms with van der Waals surface area (Å²) in [5, 5.41) is 2.93. The summed E-state index contributed by atoms with van der Waals surface area (Å²) in [5.41, 5.74) is 0.253. The predicted molar refractivity (Wildman–Crippen MR) is 102 cm³/mol. The van der Waals surface area contributed by atoms with Crippen LogP contribution in [0.3, 0.4) is 0 Å². The molecule has 0 aromatic heterocycles. The summed E-state index contributed by atoms with van der Waals surface area (Å²) < 4.78 is 58.3. The Balaban J connectivity index is 0.00000576. The van der Waals surface area contributed by atoms with Crippen LogP contribution in [0.15, 0.2) is 23.1 Å². The van der Waals surface area contributed by atoms with E-state index >= 15 is 0 Å². The van der Waals surface area contributed by atoms with Crippen molar-refractivity contribution in [3.63, 3.8) is 0 Å². The van der Waals surface area contributed by atoms with Gasteiger partial charge in [0.15, 0.2) is 0 Å². The molecule has 0 fully saturated rings. The molecule has 1 aromatic rings. The summed E-state index contributed by atoms with van der Waals surface area (Å²) in [4.78, 5) is -0.0493. The van der Waals surface area contributed by atoms with Crippen LogP contribution >= 0.6 is 12.4 Å². The van der Waals surface area contributed by atoms with Gasteiger partial charge in [0.25, 0.3) is 0 Å². The molecule has 0 heterocycles. The van der Waals surface area contributed by atoms with Gasteiger partial charge in [-0.3, -0.25) is 4.72 Å². The Morgan fingerprint density at radius 3 is 2.36 bits per heavy atom. The zero-order valence-corrected chi connectivity index (χ0v) is 17.1. The Hall–Kier alpha value is -1.07. The largest absolute Gasteiger partial charge is 0.495 e. The van der Waals surface area contributed by atoms with Crippen LogP contribution in [0.1, 0.15) is 20.3 Å². The maximum Gasteiger partial charge on any atom is 0.244 e. The molecule has 146 valence electrons. The molecule has 8 nitrogen and oxygen atoms in total. The van der Waals surface area contributed by atoms with Crippen LogP contribution in [0.4, 0.5) is 5.69 Å². The summed E-state index contributed by atoms with van der Waals surface area (Å²) in [6.45, 7) is 3.81. The van der Waals surface area contributed by atoms with Crippen molar-refractivity contribution >= 4 is 38.1 Å². The highest BCUT2D eigenvalue weighted by Gasteiger charge is 2.21. The van der Waals surface area contributed by atoms with E-state index in [1.165, 1.54) is 25.3 Å². The Kier molecular flexibility index (Phi) is 9.73. The molecule has 0 radical (unpaired) electrons. The first kappa shape index (κ1) is 23.9. The number of methoxy groups -OCH3 is 1. The highest BCUT2D eigenvalue weighted by atomic mass is 35.5. The van der Waals surface area contributed by atoms with Gasteiger partial charge in [0.2, 0.25) is 20.0 Å². The molecule has 25 heavy (non-hydrogen) atoms. The van der Waals surface area contributed by atoms with Crippen molar-refractivity contribution in [2.75, 3.05) is 31.2 Å². The quantitative estimate of drug-likeness (QED) is 0.528. The van der Waals surface area contributed by atoms with Crippen molar-refractivity contribution in [2.24, 2.45) is 0 Å². The first-order valence-corrected chi connectivity index (χ1v) is 10.6. The van der Waals surface area contributed by atoms with Crippen LogP contribution in [0.2, 0.25) is 0 Å². The van der Waals surface area contributed by atoms with Gasteiger partial charge in [0, 0.05) is 18.7 Å². The van der Waals surface area contributed by atoms with Gasteiger partial charge in [-0.15, -0.1) is 12.4 Å². The Morgan fingerprint density at radius 2 is 1.84 bits per heavy atom. The molecular formula is C14H26ClN3O5S2. The lowest BCUT2D eigenvalue weighted by molar-refractivity contribution is 0.402. The van der Waals surface area contributed by atoms with Gasteiger partial charge in [-0.05, 0) is 32.5 Å². The smallest absolute Gasteiger partial charge is 0.244 e. The Labute approximate surface area is 156 Å². The second-order valence-corrected chi connectivity index (χ2v) is 8.91. The maximum atomic E-state index is 12.4. The standard InChI is InChI=1S/C14H25N3O5S2.ClH/c1-5-8-23(18,19)17-12-6-7-14(13(9-12)22-4)24(20,21)16-10-11(2)15-3;/h6-7,9,11,15-17H,5,8,10H2,1-4H3;1H. The van der Waals surface area contributed by atoms with E-state index < -0.39 is 20.0 Å². The van der Waals surface area contributed by atoms with E-state index in [1.54, 1.807) is 14.0 Å². The van der Waals surface area contributed by atoms with Crippen LogP contribution in [0.5, 0.6) is 5.75 Å². The maximum absolute atomic E-state index is 12.4. The molecule has 11 heteroatoms. The second-order valence-electron chi connectivity index (χ2n) is 5.33. The number of halogens is 1. The highest BCUT2D eigenvalue weighted by Crippen LogP contribution is 2.27. The third-order valence-electron chi connectivity index (χ3n) is 3.27. The number of anilines is 1. The minimum absolute atomic E-state index is 0. The van der Waals surface area contributed by atoms with Crippen LogP contribution in [0, 0.1) is 0 Å². The van der Waals surface area contributed by atoms with Gasteiger partial charge in [0.1, 0.15) is 10.6 Å². The molecule has 1 unspecified atom stereocenters. The molecule has 0 aliphatic rings. The van der Waals surface area contributed by atoms with Crippen molar-refractivity contribution in [1.29, 1.82) is 0 Å². The molecule has 0 saturated heterocycles. The molecule has 0 saturated carbocycles. The van der Waals surface area contributed by atoms with Crippen molar-refractivity contribution in [1.82, 2.24) is 10.0 Å². The van der Waals surface area contributed by atoms with Crippen molar-refractivity contribution in [3.05, 3.63) is 18.2 Å². The molecule has 0 spiro atoms. The molecule has 0 aliphatic heterocycles. The zero-order chi connectivity index (χ0) is 18.4. The number of ether oxygens (including phenoxy) is 1. The zero-order valence-electron chi connectivity index (χ0n) is 14.7. The van der Waals surface area contributed by atoms with Gasteiger partial charge in [-0.1, -0.05) is 6.92 Å². The van der Waals surface area contributed by atoms with Crippen LogP contribution in [0.25, 0.3) is 0 Å². The average molecular weight is 416 g/mol. The molecule has 0 aliphatic carbocycles. The van der Waals surface area contributed by atoms with Crippen LogP contribution in [-0.2, 0) is 20.0 Å². The van der Waals surface area contributed by atoms with E-state index in [2.05, 4.69) is 14.8 Å². The number of likely N-dealkylation sites (N-methyl/N-ethyl adjacent to an activating group) is 1. The fraction of sp³-hybridized carbons (Fsp3) is 0.571. The van der Waals surface area contributed by atoms with E-state index in [-0.39, 0.29) is 47.1 Å². The third kappa shape index (κ3) is 7.37. The Bertz CT molecular complexity index is 754. The van der Waals surface area contributed by atoms with Gasteiger partial charge in [-0.2, -0.15) is 0 Å². The topological polar surface area (TPSA) is 114 Å². The summed E-state index contributed by atoms with van der Waals surface area (Å²) >= 11 is 0. The second kappa shape index (κ2) is 10.2. The van der Waals surface area contributed by atoms with E-state index in [0.717, 1.165) is 0 Å². The SMILES string of the molecule is CCCS(=O)(=O)Nc1ccc(S(=O)(=O)NCC(C)NC)c(OC)c1.Cl. The van der Waals surface area contributed by atoms with Crippen LogP contribution < -0.4 is 19.5 Å². The highest BCUT2D eigenvalue weighted by molar-refractivity contribution is 7.92. The van der Waals surface area contributed by atoms with E-state index in [9.17, 15) is 16.8 Å². The molecule has 1 atom stereocenters. The normalized spacial score (nSPS) is 13.0. The monoisotopic (exact) mass is 415 g/mol. The predicted octanol–water partition coefficient (Wildman–Crippen LogP) is 1.15. The first-order valence-electron chi connectivity index (χ1n) is 7.50. The summed E-state index contributed by atoms with van der Waals surface area (Å²) in [5.74, 6) is 0.0510. The summed E-state index contributed by atoms with van der Waals surface area (Å²) in [6, 6.07) is 4.02. The lowest BCUT2D eigenvalue weighted by atomic mass is 10.3. The minimum atomic E-state index is -3.77. The summed E-state index contributed by atoms with van der Waals surface area (Å²) in [6.07, 6.45) is 0.479. The number of hydrogen-bond donors (Lipinski definition) is 3. The van der Waals surface area contributed by atoms with E-state index in [4.69, 9.17) is 4.74 Å². The van der Waals surface area contributed by atoms with Gasteiger partial charge in [0.05, 0.1) is 18.6 Å². The number of benzene rings is 1.